The molecule has 1 heterocycles. The van der Waals surface area contributed by atoms with Crippen molar-refractivity contribution in [2.75, 3.05) is 18.9 Å². The second-order valence-corrected chi connectivity index (χ2v) is 6.01. The molecule has 3 rings (SSSR count). The molecule has 1 aromatic heterocycles. The molecule has 106 valence electrons. The number of amides is 1. The van der Waals surface area contributed by atoms with Crippen LogP contribution in [0.4, 0.5) is 5.69 Å². The third kappa shape index (κ3) is 2.81. The number of benzene rings is 1. The number of carbonyl (C=O) groups excluding carboxylic acids is 1. The zero-order chi connectivity index (χ0) is 14.1. The fourth-order valence-corrected chi connectivity index (χ4v) is 2.96. The molecular weight excluding hydrogens is 272 g/mol. The summed E-state index contributed by atoms with van der Waals surface area (Å²) in [5.74, 6) is 0.763. The summed E-state index contributed by atoms with van der Waals surface area (Å²) in [5.41, 5.74) is 2.34. The summed E-state index contributed by atoms with van der Waals surface area (Å²) < 4.78 is 8.40. The molecule has 1 amide bonds. The van der Waals surface area contributed by atoms with E-state index in [4.69, 9.17) is 0 Å². The van der Waals surface area contributed by atoms with E-state index in [1.807, 2.05) is 25.2 Å². The van der Waals surface area contributed by atoms with Gasteiger partial charge in [0.15, 0.2) is 0 Å². The summed E-state index contributed by atoms with van der Waals surface area (Å²) in [6, 6.07) is 6.12. The molecule has 1 aliphatic rings. The quantitative estimate of drug-likeness (QED) is 0.918. The van der Waals surface area contributed by atoms with Gasteiger partial charge >= 0.3 is 0 Å². The normalized spacial score (nSPS) is 16.6. The molecule has 2 aromatic rings. The minimum absolute atomic E-state index is 0.000463. The van der Waals surface area contributed by atoms with Gasteiger partial charge in [-0.15, -0.1) is 0 Å². The van der Waals surface area contributed by atoms with Crippen molar-refractivity contribution in [3.05, 3.63) is 18.2 Å². The highest BCUT2D eigenvalue weighted by molar-refractivity contribution is 7.00. The smallest absolute Gasteiger partial charge is 0.238 e. The van der Waals surface area contributed by atoms with Crippen LogP contribution in [0.3, 0.4) is 0 Å². The van der Waals surface area contributed by atoms with Crippen LogP contribution in [0.15, 0.2) is 18.2 Å². The van der Waals surface area contributed by atoms with Crippen LogP contribution in [0.5, 0.6) is 0 Å². The molecule has 20 heavy (non-hydrogen) atoms. The van der Waals surface area contributed by atoms with E-state index in [9.17, 15) is 4.79 Å². The molecule has 1 saturated carbocycles. The first kappa shape index (κ1) is 13.5. The van der Waals surface area contributed by atoms with Crippen LogP contribution in [0, 0.1) is 5.92 Å². The summed E-state index contributed by atoms with van der Waals surface area (Å²) in [5, 5.41) is 2.94. The average molecular weight is 290 g/mol. The lowest BCUT2D eigenvalue weighted by atomic mass is 10.2. The molecule has 0 spiro atoms. The van der Waals surface area contributed by atoms with E-state index >= 15 is 0 Å². The number of hydrogen-bond donors (Lipinski definition) is 1. The first-order chi connectivity index (χ1) is 9.65. The van der Waals surface area contributed by atoms with Crippen molar-refractivity contribution in [2.45, 2.75) is 25.8 Å². The second-order valence-electron chi connectivity index (χ2n) is 5.48. The maximum absolute atomic E-state index is 12.1. The summed E-state index contributed by atoms with van der Waals surface area (Å²) >= 11 is 1.16. The van der Waals surface area contributed by atoms with Gasteiger partial charge in [0.1, 0.15) is 11.0 Å². The molecular formula is C14H18N4OS. The Bertz CT molecular complexity index is 622. The number of hydrogen-bond acceptors (Lipinski definition) is 5. The van der Waals surface area contributed by atoms with Crippen molar-refractivity contribution in [3.8, 4) is 0 Å². The standard InChI is InChI=1S/C14H18N4OS/c1-9(10-6-7-10)18(2)8-13(19)15-11-4-3-5-12-14(11)17-20-16-12/h3-5,9-10H,6-8H2,1-2H3,(H,15,19)/t9-/m1/s1. The van der Waals surface area contributed by atoms with Crippen LogP contribution >= 0.6 is 11.7 Å². The van der Waals surface area contributed by atoms with Crippen molar-refractivity contribution in [2.24, 2.45) is 5.92 Å². The summed E-state index contributed by atoms with van der Waals surface area (Å²) in [7, 11) is 2.01. The van der Waals surface area contributed by atoms with E-state index in [1.165, 1.54) is 12.8 Å². The fourth-order valence-electron chi connectivity index (χ4n) is 2.41. The van der Waals surface area contributed by atoms with Crippen molar-refractivity contribution in [1.82, 2.24) is 13.6 Å². The van der Waals surface area contributed by atoms with E-state index in [2.05, 4.69) is 25.9 Å². The average Bonchev–Trinajstić information content (AvgIpc) is 3.15. The van der Waals surface area contributed by atoms with Gasteiger partial charge in [-0.3, -0.25) is 9.69 Å². The van der Waals surface area contributed by atoms with E-state index in [-0.39, 0.29) is 5.91 Å². The minimum Gasteiger partial charge on any atom is -0.323 e. The molecule has 1 aliphatic carbocycles. The van der Waals surface area contributed by atoms with Gasteiger partial charge < -0.3 is 5.32 Å². The summed E-state index contributed by atoms with van der Waals surface area (Å²) in [6.45, 7) is 2.60. The predicted octanol–water partition coefficient (Wildman–Crippen LogP) is 2.36. The maximum Gasteiger partial charge on any atom is 0.238 e. The van der Waals surface area contributed by atoms with Gasteiger partial charge in [-0.25, -0.2) is 0 Å². The van der Waals surface area contributed by atoms with Gasteiger partial charge in [0.05, 0.1) is 24.0 Å². The first-order valence-corrected chi connectivity index (χ1v) is 7.59. The topological polar surface area (TPSA) is 58.1 Å². The number of nitrogens with one attached hydrogen (secondary N) is 1. The molecule has 1 fully saturated rings. The highest BCUT2D eigenvalue weighted by Gasteiger charge is 2.31. The molecule has 0 bridgehead atoms. The molecule has 1 atom stereocenters. The molecule has 6 heteroatoms. The third-order valence-corrected chi connectivity index (χ3v) is 4.50. The molecule has 0 unspecified atom stereocenters. The van der Waals surface area contributed by atoms with E-state index in [1.54, 1.807) is 0 Å². The third-order valence-electron chi connectivity index (χ3n) is 3.95. The number of anilines is 1. The fraction of sp³-hybridized carbons (Fsp3) is 0.500. The van der Waals surface area contributed by atoms with Crippen LogP contribution < -0.4 is 5.32 Å². The first-order valence-electron chi connectivity index (χ1n) is 6.86. The number of nitrogens with zero attached hydrogens (tertiary/aromatic N) is 3. The highest BCUT2D eigenvalue weighted by Crippen LogP contribution is 2.34. The Labute approximate surface area is 122 Å². The zero-order valence-electron chi connectivity index (χ0n) is 11.7. The zero-order valence-corrected chi connectivity index (χ0v) is 12.5. The van der Waals surface area contributed by atoms with Gasteiger partial charge in [0.25, 0.3) is 0 Å². The molecule has 5 nitrogen and oxygen atoms in total. The van der Waals surface area contributed by atoms with Crippen LogP contribution in [-0.4, -0.2) is 39.2 Å². The summed E-state index contributed by atoms with van der Waals surface area (Å²) in [6.07, 6.45) is 2.58. The number of rotatable bonds is 5. The number of carbonyl (C=O) groups is 1. The van der Waals surface area contributed by atoms with Crippen LogP contribution in [0.2, 0.25) is 0 Å². The number of aromatic nitrogens is 2. The Morgan fingerprint density at radius 3 is 3.05 bits per heavy atom. The Morgan fingerprint density at radius 1 is 1.50 bits per heavy atom. The van der Waals surface area contributed by atoms with Crippen molar-refractivity contribution in [1.29, 1.82) is 0 Å². The van der Waals surface area contributed by atoms with E-state index in [0.29, 0.717) is 12.6 Å². The number of likely N-dealkylation sites (N-methyl/N-ethyl adjacent to an activating group) is 1. The maximum atomic E-state index is 12.1. The van der Waals surface area contributed by atoms with Crippen LogP contribution in [-0.2, 0) is 4.79 Å². The van der Waals surface area contributed by atoms with Gasteiger partial charge in [-0.2, -0.15) is 8.75 Å². The van der Waals surface area contributed by atoms with Gasteiger partial charge in [-0.05, 0) is 44.9 Å². The van der Waals surface area contributed by atoms with Gasteiger partial charge in [0, 0.05) is 6.04 Å². The molecule has 0 aliphatic heterocycles. The minimum atomic E-state index is 0.000463. The molecule has 1 N–H and O–H groups in total. The Hall–Kier alpha value is -1.53. The van der Waals surface area contributed by atoms with E-state index in [0.717, 1.165) is 34.4 Å². The lowest BCUT2D eigenvalue weighted by molar-refractivity contribution is -0.117. The van der Waals surface area contributed by atoms with Crippen molar-refractivity contribution < 1.29 is 4.79 Å². The predicted molar refractivity (Wildman–Crippen MR) is 80.9 cm³/mol. The lowest BCUT2D eigenvalue weighted by Crippen LogP contribution is -2.37. The second kappa shape index (κ2) is 5.46. The van der Waals surface area contributed by atoms with Crippen molar-refractivity contribution >= 4 is 34.4 Å². The Balaban J connectivity index is 1.65. The SMILES string of the molecule is C[C@H](C1CC1)N(C)CC(=O)Nc1cccc2nsnc12. The van der Waals surface area contributed by atoms with Crippen LogP contribution in [0.25, 0.3) is 11.0 Å². The molecule has 0 radical (unpaired) electrons. The number of fused-ring (bicyclic) bond motifs is 1. The highest BCUT2D eigenvalue weighted by atomic mass is 32.1. The molecule has 1 aromatic carbocycles. The lowest BCUT2D eigenvalue weighted by Gasteiger charge is -2.23. The Kier molecular flexibility index (Phi) is 3.67. The van der Waals surface area contributed by atoms with E-state index < -0.39 is 0 Å². The van der Waals surface area contributed by atoms with Crippen LogP contribution in [0.1, 0.15) is 19.8 Å². The van der Waals surface area contributed by atoms with Gasteiger partial charge in [0.2, 0.25) is 5.91 Å². The van der Waals surface area contributed by atoms with Gasteiger partial charge in [-0.1, -0.05) is 6.07 Å². The molecule has 0 saturated heterocycles. The largest absolute Gasteiger partial charge is 0.323 e. The van der Waals surface area contributed by atoms with Crippen molar-refractivity contribution in [3.63, 3.8) is 0 Å². The monoisotopic (exact) mass is 290 g/mol. The Morgan fingerprint density at radius 2 is 2.30 bits per heavy atom. The summed E-state index contributed by atoms with van der Waals surface area (Å²) in [4.78, 5) is 14.3.